The minimum Gasteiger partial charge on any atom is -0.497 e. The summed E-state index contributed by atoms with van der Waals surface area (Å²) in [5.41, 5.74) is 4.33. The summed E-state index contributed by atoms with van der Waals surface area (Å²) >= 11 is 3.35. The normalized spacial score (nSPS) is 10.5. The van der Waals surface area contributed by atoms with Crippen molar-refractivity contribution in [3.8, 4) is 11.5 Å². The van der Waals surface area contributed by atoms with E-state index in [9.17, 15) is 14.4 Å². The molecule has 2 N–H and O–H groups in total. The van der Waals surface area contributed by atoms with E-state index in [2.05, 4.69) is 31.8 Å². The molecule has 33 heavy (non-hydrogen) atoms. The number of hydrazone groups is 1. The average molecular weight is 510 g/mol. The van der Waals surface area contributed by atoms with Crippen LogP contribution < -0.4 is 20.2 Å². The van der Waals surface area contributed by atoms with E-state index in [1.54, 1.807) is 60.7 Å². The van der Waals surface area contributed by atoms with Gasteiger partial charge in [0.15, 0.2) is 0 Å². The number of rotatable bonds is 6. The number of methoxy groups -OCH3 is 1. The fraction of sp³-hybridized carbons (Fsp3) is 0.0833. The van der Waals surface area contributed by atoms with Gasteiger partial charge in [-0.2, -0.15) is 5.10 Å². The van der Waals surface area contributed by atoms with Crippen molar-refractivity contribution in [2.75, 3.05) is 12.4 Å². The predicted molar refractivity (Wildman–Crippen MR) is 128 cm³/mol. The number of hydrogen-bond acceptors (Lipinski definition) is 6. The molecular formula is C24H20BrN3O5. The fourth-order valence-corrected chi connectivity index (χ4v) is 3.10. The lowest BCUT2D eigenvalue weighted by molar-refractivity contribution is -0.136. The van der Waals surface area contributed by atoms with Crippen LogP contribution in [0.4, 0.5) is 5.69 Å². The van der Waals surface area contributed by atoms with Gasteiger partial charge in [0.2, 0.25) is 0 Å². The first-order valence-corrected chi connectivity index (χ1v) is 10.5. The lowest BCUT2D eigenvalue weighted by Crippen LogP contribution is -2.32. The van der Waals surface area contributed by atoms with Gasteiger partial charge in [-0.25, -0.2) is 10.2 Å². The van der Waals surface area contributed by atoms with Crippen LogP contribution in [0.2, 0.25) is 0 Å². The molecule has 3 aromatic carbocycles. The molecule has 0 heterocycles. The topological polar surface area (TPSA) is 106 Å². The highest BCUT2D eigenvalue weighted by molar-refractivity contribution is 9.10. The minimum atomic E-state index is -0.963. The molecule has 0 aliphatic rings. The van der Waals surface area contributed by atoms with Gasteiger partial charge in [-0.1, -0.05) is 33.6 Å². The van der Waals surface area contributed by atoms with Gasteiger partial charge in [0.05, 0.1) is 18.9 Å². The van der Waals surface area contributed by atoms with Crippen molar-refractivity contribution in [2.24, 2.45) is 5.10 Å². The first-order valence-electron chi connectivity index (χ1n) is 9.72. The number of carbonyl (C=O) groups is 3. The summed E-state index contributed by atoms with van der Waals surface area (Å²) in [4.78, 5) is 36.6. The molecule has 0 bridgehead atoms. The Balaban J connectivity index is 1.65. The van der Waals surface area contributed by atoms with E-state index in [-0.39, 0.29) is 5.75 Å². The van der Waals surface area contributed by atoms with Gasteiger partial charge in [-0.15, -0.1) is 0 Å². The van der Waals surface area contributed by atoms with Crippen molar-refractivity contribution >= 4 is 45.6 Å². The number of ether oxygens (including phenoxy) is 2. The second-order valence-electron chi connectivity index (χ2n) is 6.82. The van der Waals surface area contributed by atoms with Gasteiger partial charge in [0.1, 0.15) is 11.5 Å². The average Bonchev–Trinajstić information content (AvgIpc) is 2.81. The standard InChI is InChI=1S/C24H20BrN3O5/c1-15-4-3-5-16(12-15)24(31)33-21-11-6-18(25)13-17(21)14-26-28-23(30)22(29)27-19-7-9-20(32-2)10-8-19/h3-14H,1-2H3,(H,27,29)(H,28,30)/b26-14-. The highest BCUT2D eigenvalue weighted by Crippen LogP contribution is 2.23. The third-order valence-corrected chi connectivity index (χ3v) is 4.85. The summed E-state index contributed by atoms with van der Waals surface area (Å²) in [5.74, 6) is -1.52. The fourth-order valence-electron chi connectivity index (χ4n) is 2.72. The zero-order valence-electron chi connectivity index (χ0n) is 17.8. The molecular weight excluding hydrogens is 490 g/mol. The van der Waals surface area contributed by atoms with Crippen LogP contribution in [0.1, 0.15) is 21.5 Å². The molecule has 0 aliphatic carbocycles. The summed E-state index contributed by atoms with van der Waals surface area (Å²) in [6.45, 7) is 1.88. The second-order valence-corrected chi connectivity index (χ2v) is 7.74. The number of anilines is 1. The van der Waals surface area contributed by atoms with Gasteiger partial charge >= 0.3 is 17.8 Å². The number of aryl methyl sites for hydroxylation is 1. The van der Waals surface area contributed by atoms with Crippen molar-refractivity contribution in [2.45, 2.75) is 6.92 Å². The van der Waals surface area contributed by atoms with Crippen molar-refractivity contribution < 1.29 is 23.9 Å². The smallest absolute Gasteiger partial charge is 0.343 e. The molecule has 0 aliphatic heterocycles. The maximum absolute atomic E-state index is 12.5. The molecule has 0 radical (unpaired) electrons. The lowest BCUT2D eigenvalue weighted by Gasteiger charge is -2.08. The van der Waals surface area contributed by atoms with E-state index in [1.807, 2.05) is 13.0 Å². The quantitative estimate of drug-likeness (QED) is 0.171. The molecule has 9 heteroatoms. The number of amides is 2. The maximum atomic E-state index is 12.5. The largest absolute Gasteiger partial charge is 0.497 e. The summed E-state index contributed by atoms with van der Waals surface area (Å²) < 4.78 is 11.2. The predicted octanol–water partition coefficient (Wildman–Crippen LogP) is 4.07. The molecule has 0 fully saturated rings. The highest BCUT2D eigenvalue weighted by Gasteiger charge is 2.14. The van der Waals surface area contributed by atoms with Crippen LogP contribution >= 0.6 is 15.9 Å². The SMILES string of the molecule is COc1ccc(NC(=O)C(=O)N/N=C\c2cc(Br)ccc2OC(=O)c2cccc(C)c2)cc1. The molecule has 2 amide bonds. The van der Waals surface area contributed by atoms with E-state index in [0.29, 0.717) is 27.0 Å². The minimum absolute atomic E-state index is 0.241. The van der Waals surface area contributed by atoms with Crippen LogP contribution in [0.15, 0.2) is 76.3 Å². The van der Waals surface area contributed by atoms with E-state index >= 15 is 0 Å². The van der Waals surface area contributed by atoms with Crippen LogP contribution in [0.25, 0.3) is 0 Å². The van der Waals surface area contributed by atoms with E-state index < -0.39 is 17.8 Å². The molecule has 0 spiro atoms. The lowest BCUT2D eigenvalue weighted by atomic mass is 10.1. The van der Waals surface area contributed by atoms with Crippen molar-refractivity contribution in [3.05, 3.63) is 87.9 Å². The summed E-state index contributed by atoms with van der Waals surface area (Å²) in [7, 11) is 1.53. The summed E-state index contributed by atoms with van der Waals surface area (Å²) in [5, 5.41) is 6.26. The Bertz CT molecular complexity index is 1210. The molecule has 3 rings (SSSR count). The first kappa shape index (κ1) is 23.7. The van der Waals surface area contributed by atoms with Crippen LogP contribution in [-0.2, 0) is 9.59 Å². The van der Waals surface area contributed by atoms with Gasteiger partial charge < -0.3 is 14.8 Å². The third-order valence-electron chi connectivity index (χ3n) is 4.35. The van der Waals surface area contributed by atoms with E-state index in [1.165, 1.54) is 13.3 Å². The molecule has 168 valence electrons. The molecule has 0 aromatic heterocycles. The number of nitrogens with zero attached hydrogens (tertiary/aromatic N) is 1. The summed E-state index contributed by atoms with van der Waals surface area (Å²) in [6.07, 6.45) is 1.28. The van der Waals surface area contributed by atoms with Gasteiger partial charge in [0, 0.05) is 15.7 Å². The Kier molecular flexibility index (Phi) is 7.93. The number of halogens is 1. The van der Waals surface area contributed by atoms with Crippen molar-refractivity contribution in [3.63, 3.8) is 0 Å². The van der Waals surface area contributed by atoms with Gasteiger partial charge in [0.25, 0.3) is 0 Å². The Morgan fingerprint density at radius 1 is 0.970 bits per heavy atom. The van der Waals surface area contributed by atoms with Gasteiger partial charge in [-0.3, -0.25) is 9.59 Å². The maximum Gasteiger partial charge on any atom is 0.343 e. The molecule has 8 nitrogen and oxygen atoms in total. The molecule has 0 unspecified atom stereocenters. The van der Waals surface area contributed by atoms with Crippen molar-refractivity contribution in [1.82, 2.24) is 5.43 Å². The Labute approximate surface area is 198 Å². The third kappa shape index (κ3) is 6.75. The zero-order chi connectivity index (χ0) is 23.8. The number of carbonyl (C=O) groups excluding carboxylic acids is 3. The first-order chi connectivity index (χ1) is 15.9. The van der Waals surface area contributed by atoms with Crippen molar-refractivity contribution in [1.29, 1.82) is 0 Å². The zero-order valence-corrected chi connectivity index (χ0v) is 19.4. The molecule has 0 saturated heterocycles. The van der Waals surface area contributed by atoms with E-state index in [0.717, 1.165) is 5.56 Å². The Morgan fingerprint density at radius 2 is 1.73 bits per heavy atom. The molecule has 0 saturated carbocycles. The number of esters is 1. The number of benzene rings is 3. The monoisotopic (exact) mass is 509 g/mol. The Morgan fingerprint density at radius 3 is 2.42 bits per heavy atom. The second kappa shape index (κ2) is 11.1. The Hall–Kier alpha value is -3.98. The van der Waals surface area contributed by atoms with Crippen LogP contribution in [-0.4, -0.2) is 31.1 Å². The van der Waals surface area contributed by atoms with E-state index in [4.69, 9.17) is 9.47 Å². The molecule has 0 atom stereocenters. The molecule has 3 aromatic rings. The number of hydrogen-bond donors (Lipinski definition) is 2. The van der Waals surface area contributed by atoms with Gasteiger partial charge in [-0.05, 0) is 61.5 Å². The summed E-state index contributed by atoms with van der Waals surface area (Å²) in [6, 6.07) is 18.5. The van der Waals surface area contributed by atoms with Crippen LogP contribution in [0.5, 0.6) is 11.5 Å². The van der Waals surface area contributed by atoms with Crippen LogP contribution in [0, 0.1) is 6.92 Å². The highest BCUT2D eigenvalue weighted by atomic mass is 79.9. The number of nitrogens with one attached hydrogen (secondary N) is 2. The van der Waals surface area contributed by atoms with Crippen LogP contribution in [0.3, 0.4) is 0 Å².